The molecule has 0 unspecified atom stereocenters. The molecule has 2 rings (SSSR count). The first-order valence-corrected chi connectivity index (χ1v) is 8.55. The molecule has 0 fully saturated rings. The summed E-state index contributed by atoms with van der Waals surface area (Å²) in [6, 6.07) is 8.83. The summed E-state index contributed by atoms with van der Waals surface area (Å²) in [5.74, 6) is -0.216. The van der Waals surface area contributed by atoms with Gasteiger partial charge in [0.05, 0.1) is 7.11 Å². The average molecular weight is 347 g/mol. The molecule has 0 aliphatic carbocycles. The van der Waals surface area contributed by atoms with Gasteiger partial charge in [-0.25, -0.2) is 4.79 Å². The Hall–Kier alpha value is -2.34. The van der Waals surface area contributed by atoms with Crippen molar-refractivity contribution < 1.29 is 19.1 Å². The van der Waals surface area contributed by atoms with Gasteiger partial charge in [-0.2, -0.15) is 0 Å². The van der Waals surface area contributed by atoms with Crippen molar-refractivity contribution in [3.63, 3.8) is 0 Å². The number of amides is 1. The smallest absolute Gasteiger partial charge is 0.348 e. The van der Waals surface area contributed by atoms with Gasteiger partial charge in [0, 0.05) is 16.6 Å². The molecule has 0 saturated carbocycles. The molecule has 1 aromatic carbocycles. The molecule has 1 amide bonds. The van der Waals surface area contributed by atoms with Crippen molar-refractivity contribution in [2.45, 2.75) is 26.7 Å². The second kappa shape index (κ2) is 8.49. The first-order chi connectivity index (χ1) is 11.5. The van der Waals surface area contributed by atoms with E-state index in [0.717, 1.165) is 23.3 Å². The normalized spacial score (nSPS) is 10.3. The molecule has 6 heteroatoms. The minimum atomic E-state index is -0.466. The number of rotatable bonds is 7. The fourth-order valence-corrected chi connectivity index (χ4v) is 3.20. The second-order valence-corrected chi connectivity index (χ2v) is 6.55. The lowest BCUT2D eigenvalue weighted by atomic mass is 10.1. The molecule has 0 bridgehead atoms. The summed E-state index contributed by atoms with van der Waals surface area (Å²) in [6.07, 6.45) is 1.96. The molecule has 1 aromatic heterocycles. The van der Waals surface area contributed by atoms with Crippen LogP contribution in [0.3, 0.4) is 0 Å². The lowest BCUT2D eigenvalue weighted by molar-refractivity contribution is -0.119. The van der Waals surface area contributed by atoms with Crippen molar-refractivity contribution in [1.29, 1.82) is 0 Å². The van der Waals surface area contributed by atoms with Gasteiger partial charge >= 0.3 is 5.97 Å². The van der Waals surface area contributed by atoms with Crippen LogP contribution in [0.4, 0.5) is 5.69 Å². The largest absolute Gasteiger partial charge is 0.497 e. The highest BCUT2D eigenvalue weighted by Crippen LogP contribution is 2.23. The maximum atomic E-state index is 12.1. The van der Waals surface area contributed by atoms with Crippen LogP contribution in [0.25, 0.3) is 0 Å². The molecule has 0 aliphatic rings. The number of nitrogens with one attached hydrogen (secondary N) is 1. The summed E-state index contributed by atoms with van der Waals surface area (Å²) in [6.45, 7) is 3.76. The third-order valence-electron chi connectivity index (χ3n) is 3.43. The van der Waals surface area contributed by atoms with Gasteiger partial charge in [0.1, 0.15) is 10.6 Å². The zero-order chi connectivity index (χ0) is 17.5. The minimum absolute atomic E-state index is 0.323. The Morgan fingerprint density at radius 3 is 2.75 bits per heavy atom. The molecule has 1 heterocycles. The number of benzene rings is 1. The second-order valence-electron chi connectivity index (χ2n) is 5.30. The molecule has 0 aliphatic heterocycles. The third kappa shape index (κ3) is 4.83. The van der Waals surface area contributed by atoms with E-state index in [1.807, 2.05) is 13.0 Å². The molecule has 5 nitrogen and oxygen atoms in total. The van der Waals surface area contributed by atoms with Gasteiger partial charge in [0.15, 0.2) is 6.61 Å². The van der Waals surface area contributed by atoms with Gasteiger partial charge in [0.25, 0.3) is 5.91 Å². The number of carbonyl (C=O) groups is 2. The van der Waals surface area contributed by atoms with E-state index < -0.39 is 11.9 Å². The van der Waals surface area contributed by atoms with E-state index in [1.165, 1.54) is 11.3 Å². The van der Waals surface area contributed by atoms with E-state index in [-0.39, 0.29) is 6.61 Å². The SMILES string of the molecule is CCCc1cc(C(=O)OCC(=O)Nc2cccc(OC)c2)sc1C. The molecule has 0 atom stereocenters. The maximum absolute atomic E-state index is 12.1. The Labute approximate surface area is 145 Å². The summed E-state index contributed by atoms with van der Waals surface area (Å²) in [5.41, 5.74) is 1.75. The van der Waals surface area contributed by atoms with Crippen molar-refractivity contribution >= 4 is 28.9 Å². The summed E-state index contributed by atoms with van der Waals surface area (Å²) in [4.78, 5) is 25.6. The van der Waals surface area contributed by atoms with Crippen LogP contribution in [0.1, 0.15) is 33.5 Å². The monoisotopic (exact) mass is 347 g/mol. The lowest BCUT2D eigenvalue weighted by Gasteiger charge is -2.07. The van der Waals surface area contributed by atoms with Crippen molar-refractivity contribution in [3.8, 4) is 5.75 Å². The van der Waals surface area contributed by atoms with E-state index in [2.05, 4.69) is 12.2 Å². The van der Waals surface area contributed by atoms with Crippen LogP contribution in [-0.2, 0) is 16.0 Å². The average Bonchev–Trinajstić information content (AvgIpc) is 2.94. The van der Waals surface area contributed by atoms with Gasteiger partial charge in [-0.05, 0) is 37.1 Å². The van der Waals surface area contributed by atoms with Gasteiger partial charge in [-0.3, -0.25) is 4.79 Å². The number of carbonyl (C=O) groups excluding carboxylic acids is 2. The highest BCUT2D eigenvalue weighted by molar-refractivity contribution is 7.14. The van der Waals surface area contributed by atoms with Gasteiger partial charge in [0.2, 0.25) is 0 Å². The molecule has 24 heavy (non-hydrogen) atoms. The number of thiophene rings is 1. The lowest BCUT2D eigenvalue weighted by Crippen LogP contribution is -2.20. The van der Waals surface area contributed by atoms with E-state index >= 15 is 0 Å². The van der Waals surface area contributed by atoms with Crippen LogP contribution in [0, 0.1) is 6.92 Å². The number of hydrogen-bond acceptors (Lipinski definition) is 5. The highest BCUT2D eigenvalue weighted by Gasteiger charge is 2.15. The zero-order valence-electron chi connectivity index (χ0n) is 14.0. The van der Waals surface area contributed by atoms with Crippen LogP contribution < -0.4 is 10.1 Å². The van der Waals surface area contributed by atoms with Crippen molar-refractivity contribution in [1.82, 2.24) is 0 Å². The predicted molar refractivity (Wildman–Crippen MR) is 95.0 cm³/mol. The topological polar surface area (TPSA) is 64.6 Å². The van der Waals surface area contributed by atoms with Crippen molar-refractivity contribution in [2.75, 3.05) is 19.0 Å². The van der Waals surface area contributed by atoms with Crippen molar-refractivity contribution in [2.24, 2.45) is 0 Å². The maximum Gasteiger partial charge on any atom is 0.348 e. The van der Waals surface area contributed by atoms with Crippen LogP contribution in [0.5, 0.6) is 5.75 Å². The van der Waals surface area contributed by atoms with Crippen LogP contribution in [-0.4, -0.2) is 25.6 Å². The number of methoxy groups -OCH3 is 1. The highest BCUT2D eigenvalue weighted by atomic mass is 32.1. The number of ether oxygens (including phenoxy) is 2. The van der Waals surface area contributed by atoms with Crippen molar-refractivity contribution in [3.05, 3.63) is 45.6 Å². The third-order valence-corrected chi connectivity index (χ3v) is 4.50. The Kier molecular flexibility index (Phi) is 6.37. The molecule has 128 valence electrons. The first kappa shape index (κ1) is 18.0. The van der Waals surface area contributed by atoms with Gasteiger partial charge in [-0.15, -0.1) is 11.3 Å². The zero-order valence-corrected chi connectivity index (χ0v) is 14.9. The quantitative estimate of drug-likeness (QED) is 0.774. The molecule has 0 saturated heterocycles. The molecular formula is C18H21NO4S. The van der Waals surface area contributed by atoms with E-state index in [0.29, 0.717) is 16.3 Å². The van der Waals surface area contributed by atoms with Gasteiger partial charge in [-0.1, -0.05) is 19.4 Å². The molecular weight excluding hydrogens is 326 g/mol. The number of aryl methyl sites for hydroxylation is 2. The Balaban J connectivity index is 1.88. The summed E-state index contributed by atoms with van der Waals surface area (Å²) in [7, 11) is 1.55. The standard InChI is InChI=1S/C18H21NO4S/c1-4-6-13-9-16(24-12(13)2)18(21)23-11-17(20)19-14-7-5-8-15(10-14)22-3/h5,7-10H,4,6,11H2,1-3H3,(H,19,20). The van der Waals surface area contributed by atoms with Gasteiger partial charge < -0.3 is 14.8 Å². The van der Waals surface area contributed by atoms with Crippen LogP contribution in [0.2, 0.25) is 0 Å². The van der Waals surface area contributed by atoms with Crippen LogP contribution in [0.15, 0.2) is 30.3 Å². The molecule has 0 radical (unpaired) electrons. The molecule has 0 spiro atoms. The Morgan fingerprint density at radius 2 is 2.04 bits per heavy atom. The van der Waals surface area contributed by atoms with E-state index in [4.69, 9.17) is 9.47 Å². The Morgan fingerprint density at radius 1 is 1.25 bits per heavy atom. The minimum Gasteiger partial charge on any atom is -0.497 e. The van der Waals surface area contributed by atoms with E-state index in [1.54, 1.807) is 31.4 Å². The molecule has 2 aromatic rings. The molecule has 1 N–H and O–H groups in total. The Bertz CT molecular complexity index is 724. The number of esters is 1. The number of anilines is 1. The summed E-state index contributed by atoms with van der Waals surface area (Å²) >= 11 is 1.40. The fourth-order valence-electron chi connectivity index (χ4n) is 2.24. The number of hydrogen-bond donors (Lipinski definition) is 1. The first-order valence-electron chi connectivity index (χ1n) is 7.73. The predicted octanol–water partition coefficient (Wildman–Crippen LogP) is 3.81. The summed E-state index contributed by atoms with van der Waals surface area (Å²) in [5, 5.41) is 2.67. The van der Waals surface area contributed by atoms with Crippen LogP contribution >= 0.6 is 11.3 Å². The summed E-state index contributed by atoms with van der Waals surface area (Å²) < 4.78 is 10.2. The van der Waals surface area contributed by atoms with E-state index in [9.17, 15) is 9.59 Å². The fraction of sp³-hybridized carbons (Fsp3) is 0.333.